The zero-order valence-electron chi connectivity index (χ0n) is 31.7. The second-order valence-corrected chi connectivity index (χ2v) is 15.5. The van der Waals surface area contributed by atoms with Gasteiger partial charge in [-0.25, -0.2) is 15.0 Å². The molecular formula is C54H37N3. The number of hydrogen-bond acceptors (Lipinski definition) is 3. The lowest BCUT2D eigenvalue weighted by molar-refractivity contribution is 0.660. The molecule has 11 rings (SSSR count). The molecule has 268 valence electrons. The fourth-order valence-corrected chi connectivity index (χ4v) is 9.31. The Morgan fingerprint density at radius 3 is 1.60 bits per heavy atom. The van der Waals surface area contributed by atoms with Gasteiger partial charge in [-0.1, -0.05) is 202 Å². The smallest absolute Gasteiger partial charge is 0.165 e. The first-order valence-corrected chi connectivity index (χ1v) is 19.6. The maximum Gasteiger partial charge on any atom is 0.165 e. The normalized spacial score (nSPS) is 12.9. The first kappa shape index (κ1) is 33.1. The Balaban J connectivity index is 1.28. The molecule has 1 heterocycles. The summed E-state index contributed by atoms with van der Waals surface area (Å²) in [6.45, 7) is 4.64. The highest BCUT2D eigenvalue weighted by Gasteiger charge is 2.37. The molecule has 3 nitrogen and oxygen atoms in total. The standard InChI is InChI=1S/C54H37N3/c1-54(2)45-30-16-15-28-42(45)48-44(29-17-31-46(48)54)52-55-51(41-27-14-11-23-37(41)34-18-5-3-6-19-34)56-53(57-52)50-40-26-13-12-25-39(40)47(36-21-7-4-8-22-36)49-38-24-10-9-20-35(38)32-33-43(49)50/h3-33H,1-2H3. The maximum absolute atomic E-state index is 5.56. The van der Waals surface area contributed by atoms with Crippen molar-refractivity contribution >= 4 is 32.3 Å². The Morgan fingerprint density at radius 2 is 0.842 bits per heavy atom. The number of nitrogens with zero attached hydrogens (tertiary/aromatic N) is 3. The summed E-state index contributed by atoms with van der Waals surface area (Å²) in [5.74, 6) is 1.95. The summed E-state index contributed by atoms with van der Waals surface area (Å²) < 4.78 is 0. The third-order valence-corrected chi connectivity index (χ3v) is 11.9. The van der Waals surface area contributed by atoms with E-state index in [0.717, 1.165) is 44.0 Å². The number of benzene rings is 9. The fraction of sp³-hybridized carbons (Fsp3) is 0.0556. The highest BCUT2D eigenvalue weighted by molar-refractivity contribution is 6.27. The number of aromatic nitrogens is 3. The second-order valence-electron chi connectivity index (χ2n) is 15.5. The van der Waals surface area contributed by atoms with E-state index in [9.17, 15) is 0 Å². The Hall–Kier alpha value is -7.23. The molecule has 0 N–H and O–H groups in total. The molecule has 9 aromatic carbocycles. The molecule has 0 radical (unpaired) electrons. The van der Waals surface area contributed by atoms with Crippen LogP contribution in [-0.2, 0) is 5.41 Å². The van der Waals surface area contributed by atoms with Gasteiger partial charge in [0, 0.05) is 22.1 Å². The summed E-state index contributed by atoms with van der Waals surface area (Å²) in [5, 5.41) is 6.95. The zero-order valence-corrected chi connectivity index (χ0v) is 31.7. The Kier molecular flexibility index (Phi) is 7.52. The van der Waals surface area contributed by atoms with Crippen molar-refractivity contribution in [3.63, 3.8) is 0 Å². The minimum atomic E-state index is -0.165. The molecule has 0 saturated heterocycles. The fourth-order valence-electron chi connectivity index (χ4n) is 9.31. The number of fused-ring (bicyclic) bond motifs is 7. The van der Waals surface area contributed by atoms with E-state index in [-0.39, 0.29) is 5.41 Å². The predicted molar refractivity (Wildman–Crippen MR) is 237 cm³/mol. The summed E-state index contributed by atoms with van der Waals surface area (Å²) in [5.41, 5.74) is 12.4. The maximum atomic E-state index is 5.56. The summed E-state index contributed by atoms with van der Waals surface area (Å²) in [6.07, 6.45) is 0. The van der Waals surface area contributed by atoms with E-state index in [1.807, 2.05) is 0 Å². The van der Waals surface area contributed by atoms with Crippen LogP contribution in [0, 0.1) is 0 Å². The van der Waals surface area contributed by atoms with Crippen molar-refractivity contribution in [2.45, 2.75) is 19.3 Å². The molecule has 1 aliphatic carbocycles. The summed E-state index contributed by atoms with van der Waals surface area (Å²) in [7, 11) is 0. The predicted octanol–water partition coefficient (Wildman–Crippen LogP) is 14.0. The van der Waals surface area contributed by atoms with E-state index in [1.54, 1.807) is 0 Å². The molecule has 0 atom stereocenters. The topological polar surface area (TPSA) is 38.7 Å². The highest BCUT2D eigenvalue weighted by Crippen LogP contribution is 2.52. The van der Waals surface area contributed by atoms with Gasteiger partial charge in [0.15, 0.2) is 17.5 Å². The minimum Gasteiger partial charge on any atom is -0.208 e. The van der Waals surface area contributed by atoms with Gasteiger partial charge in [0.05, 0.1) is 0 Å². The second kappa shape index (κ2) is 12.9. The van der Waals surface area contributed by atoms with Crippen molar-refractivity contribution in [2.75, 3.05) is 0 Å². The number of hydrogen-bond donors (Lipinski definition) is 0. The van der Waals surface area contributed by atoms with Gasteiger partial charge < -0.3 is 0 Å². The molecule has 0 aliphatic heterocycles. The molecule has 0 amide bonds. The lowest BCUT2D eigenvalue weighted by Crippen LogP contribution is -2.14. The lowest BCUT2D eigenvalue weighted by atomic mass is 9.82. The van der Waals surface area contributed by atoms with E-state index in [2.05, 4.69) is 202 Å². The highest BCUT2D eigenvalue weighted by atomic mass is 15.0. The van der Waals surface area contributed by atoms with Gasteiger partial charge in [0.2, 0.25) is 0 Å². The van der Waals surface area contributed by atoms with Gasteiger partial charge >= 0.3 is 0 Å². The van der Waals surface area contributed by atoms with Crippen LogP contribution < -0.4 is 0 Å². The van der Waals surface area contributed by atoms with Crippen molar-refractivity contribution in [3.8, 4) is 67.5 Å². The molecule has 0 fully saturated rings. The Morgan fingerprint density at radius 1 is 0.316 bits per heavy atom. The third kappa shape index (κ3) is 5.16. The molecule has 10 aromatic rings. The molecule has 0 saturated carbocycles. The molecule has 1 aromatic heterocycles. The van der Waals surface area contributed by atoms with Crippen molar-refractivity contribution in [1.82, 2.24) is 15.0 Å². The van der Waals surface area contributed by atoms with E-state index < -0.39 is 0 Å². The van der Waals surface area contributed by atoms with Crippen molar-refractivity contribution in [3.05, 3.63) is 199 Å². The lowest BCUT2D eigenvalue weighted by Gasteiger charge is -2.21. The molecular weight excluding hydrogens is 691 g/mol. The van der Waals surface area contributed by atoms with E-state index >= 15 is 0 Å². The van der Waals surface area contributed by atoms with Crippen LogP contribution in [0.25, 0.3) is 99.9 Å². The molecule has 0 unspecified atom stereocenters. The molecule has 57 heavy (non-hydrogen) atoms. The van der Waals surface area contributed by atoms with Crippen molar-refractivity contribution in [2.24, 2.45) is 0 Å². The third-order valence-electron chi connectivity index (χ3n) is 11.9. The summed E-state index contributed by atoms with van der Waals surface area (Å²) in [6, 6.07) is 67.1. The van der Waals surface area contributed by atoms with Crippen LogP contribution in [0.2, 0.25) is 0 Å². The molecule has 0 spiro atoms. The van der Waals surface area contributed by atoms with Crippen LogP contribution in [0.3, 0.4) is 0 Å². The molecule has 1 aliphatic rings. The van der Waals surface area contributed by atoms with E-state index in [0.29, 0.717) is 17.5 Å². The summed E-state index contributed by atoms with van der Waals surface area (Å²) >= 11 is 0. The van der Waals surface area contributed by atoms with Crippen LogP contribution in [-0.4, -0.2) is 15.0 Å². The van der Waals surface area contributed by atoms with Crippen LogP contribution in [0.4, 0.5) is 0 Å². The average molecular weight is 728 g/mol. The van der Waals surface area contributed by atoms with Crippen LogP contribution >= 0.6 is 0 Å². The SMILES string of the molecule is CC1(C)c2ccccc2-c2c(-c3nc(-c4ccccc4-c4ccccc4)nc(-c4c5ccccc5c(-c5ccccc5)c5c4ccc4ccccc45)n3)cccc21. The van der Waals surface area contributed by atoms with Gasteiger partial charge in [-0.05, 0) is 76.8 Å². The van der Waals surface area contributed by atoms with Gasteiger partial charge in [-0.2, -0.15) is 0 Å². The minimum absolute atomic E-state index is 0.165. The Labute approximate surface area is 332 Å². The van der Waals surface area contributed by atoms with Crippen molar-refractivity contribution in [1.29, 1.82) is 0 Å². The van der Waals surface area contributed by atoms with Gasteiger partial charge in [0.25, 0.3) is 0 Å². The first-order valence-electron chi connectivity index (χ1n) is 19.6. The first-order chi connectivity index (χ1) is 28.1. The van der Waals surface area contributed by atoms with Gasteiger partial charge in [-0.3, -0.25) is 0 Å². The summed E-state index contributed by atoms with van der Waals surface area (Å²) in [4.78, 5) is 16.5. The molecule has 0 bridgehead atoms. The van der Waals surface area contributed by atoms with Crippen LogP contribution in [0.15, 0.2) is 188 Å². The van der Waals surface area contributed by atoms with Crippen LogP contribution in [0.5, 0.6) is 0 Å². The zero-order chi connectivity index (χ0) is 38.1. The van der Waals surface area contributed by atoms with E-state index in [4.69, 9.17) is 15.0 Å². The van der Waals surface area contributed by atoms with Gasteiger partial charge in [-0.15, -0.1) is 0 Å². The monoisotopic (exact) mass is 727 g/mol. The largest absolute Gasteiger partial charge is 0.208 e. The Bertz CT molecular complexity index is 3200. The average Bonchev–Trinajstić information content (AvgIpc) is 3.51. The quantitative estimate of drug-likeness (QED) is 0.131. The van der Waals surface area contributed by atoms with Gasteiger partial charge in [0.1, 0.15) is 0 Å². The molecule has 3 heteroatoms. The van der Waals surface area contributed by atoms with Crippen molar-refractivity contribution < 1.29 is 0 Å². The van der Waals surface area contributed by atoms with E-state index in [1.165, 1.54) is 49.5 Å². The number of rotatable bonds is 5. The van der Waals surface area contributed by atoms with Crippen LogP contribution in [0.1, 0.15) is 25.0 Å².